The standard InChI is InChI=1S/C10H13F4N3/c1-9(11,12)7-3-6-5(4-15-17-6)8(16-7)10(2,13)14/h4,7-8,16H,3H2,1-2H3,(H,15,17). The molecule has 0 amide bonds. The Kier molecular flexibility index (Phi) is 2.68. The minimum atomic E-state index is -3.12. The van der Waals surface area contributed by atoms with Crippen molar-refractivity contribution >= 4 is 0 Å². The molecule has 0 saturated carbocycles. The molecule has 0 fully saturated rings. The third kappa shape index (κ3) is 2.29. The van der Waals surface area contributed by atoms with Crippen molar-refractivity contribution in [2.45, 2.75) is 44.2 Å². The van der Waals surface area contributed by atoms with Gasteiger partial charge in [0.25, 0.3) is 11.8 Å². The van der Waals surface area contributed by atoms with E-state index in [1.165, 1.54) is 6.20 Å². The topological polar surface area (TPSA) is 40.7 Å². The molecule has 0 bridgehead atoms. The van der Waals surface area contributed by atoms with E-state index >= 15 is 0 Å². The van der Waals surface area contributed by atoms with Gasteiger partial charge < -0.3 is 0 Å². The number of aromatic amines is 1. The highest BCUT2D eigenvalue weighted by Gasteiger charge is 2.47. The Morgan fingerprint density at radius 3 is 2.41 bits per heavy atom. The Morgan fingerprint density at radius 2 is 1.88 bits per heavy atom. The van der Waals surface area contributed by atoms with Crippen molar-refractivity contribution in [2.24, 2.45) is 0 Å². The molecule has 0 aromatic carbocycles. The highest BCUT2D eigenvalue weighted by atomic mass is 19.3. The Morgan fingerprint density at radius 1 is 1.24 bits per heavy atom. The number of rotatable bonds is 2. The van der Waals surface area contributed by atoms with Crippen LogP contribution in [0.3, 0.4) is 0 Å². The smallest absolute Gasteiger partial charge is 0.264 e. The predicted molar refractivity (Wildman–Crippen MR) is 53.2 cm³/mol. The molecular formula is C10H13F4N3. The van der Waals surface area contributed by atoms with E-state index in [0.717, 1.165) is 6.92 Å². The van der Waals surface area contributed by atoms with Crippen LogP contribution in [0, 0.1) is 0 Å². The SMILES string of the molecule is CC(F)(F)C1Cc2[nH]ncc2C(C(C)(F)F)N1. The van der Waals surface area contributed by atoms with Crippen LogP contribution in [0.1, 0.15) is 31.1 Å². The largest absolute Gasteiger partial charge is 0.296 e. The zero-order valence-electron chi connectivity index (χ0n) is 9.40. The normalized spacial score (nSPS) is 25.8. The van der Waals surface area contributed by atoms with Crippen LogP contribution < -0.4 is 5.32 Å². The quantitative estimate of drug-likeness (QED) is 0.792. The van der Waals surface area contributed by atoms with Crippen molar-refractivity contribution in [3.8, 4) is 0 Å². The van der Waals surface area contributed by atoms with Gasteiger partial charge in [0.1, 0.15) is 6.04 Å². The van der Waals surface area contributed by atoms with Crippen molar-refractivity contribution < 1.29 is 17.6 Å². The average molecular weight is 251 g/mol. The molecule has 0 aliphatic carbocycles. The van der Waals surface area contributed by atoms with E-state index in [2.05, 4.69) is 15.5 Å². The second-order valence-corrected chi connectivity index (χ2v) is 4.57. The summed E-state index contributed by atoms with van der Waals surface area (Å²) in [6.45, 7) is 1.43. The Bertz CT molecular complexity index is 404. The van der Waals surface area contributed by atoms with Gasteiger partial charge in [0, 0.05) is 31.5 Å². The van der Waals surface area contributed by atoms with Crippen molar-refractivity contribution in [1.82, 2.24) is 15.5 Å². The Balaban J connectivity index is 2.36. The lowest BCUT2D eigenvalue weighted by molar-refractivity contribution is -0.0653. The van der Waals surface area contributed by atoms with Gasteiger partial charge in [-0.3, -0.25) is 10.4 Å². The van der Waals surface area contributed by atoms with Crippen LogP contribution in [-0.2, 0) is 6.42 Å². The van der Waals surface area contributed by atoms with Gasteiger partial charge in [-0.05, 0) is 0 Å². The third-order valence-electron chi connectivity index (χ3n) is 2.96. The van der Waals surface area contributed by atoms with Crippen LogP contribution in [0.2, 0.25) is 0 Å². The summed E-state index contributed by atoms with van der Waals surface area (Å²) < 4.78 is 53.2. The first-order chi connectivity index (χ1) is 7.69. The fourth-order valence-corrected chi connectivity index (χ4v) is 2.03. The minimum absolute atomic E-state index is 0.0363. The van der Waals surface area contributed by atoms with Crippen LogP contribution in [0.4, 0.5) is 17.6 Å². The lowest BCUT2D eigenvalue weighted by Crippen LogP contribution is -2.53. The van der Waals surface area contributed by atoms with Gasteiger partial charge in [-0.25, -0.2) is 17.6 Å². The van der Waals surface area contributed by atoms with Gasteiger partial charge >= 0.3 is 0 Å². The number of hydrogen-bond acceptors (Lipinski definition) is 2. The minimum Gasteiger partial charge on any atom is -0.296 e. The molecule has 2 heterocycles. The number of nitrogens with zero attached hydrogens (tertiary/aromatic N) is 1. The molecule has 17 heavy (non-hydrogen) atoms. The molecule has 3 nitrogen and oxygen atoms in total. The number of aromatic nitrogens is 2. The van der Waals surface area contributed by atoms with E-state index in [0.29, 0.717) is 12.6 Å². The number of hydrogen-bond donors (Lipinski definition) is 2. The van der Waals surface area contributed by atoms with Crippen LogP contribution >= 0.6 is 0 Å². The summed E-state index contributed by atoms with van der Waals surface area (Å²) in [6, 6.07) is -2.74. The number of nitrogens with one attached hydrogen (secondary N) is 2. The lowest BCUT2D eigenvalue weighted by Gasteiger charge is -2.36. The highest BCUT2D eigenvalue weighted by molar-refractivity contribution is 5.27. The maximum Gasteiger partial charge on any atom is 0.264 e. The fourth-order valence-electron chi connectivity index (χ4n) is 2.03. The molecule has 0 saturated heterocycles. The van der Waals surface area contributed by atoms with Gasteiger partial charge in [-0.15, -0.1) is 0 Å². The summed E-state index contributed by atoms with van der Waals surface area (Å²) >= 11 is 0. The number of halogens is 4. The molecule has 7 heteroatoms. The maximum absolute atomic E-state index is 13.4. The van der Waals surface area contributed by atoms with Gasteiger partial charge in [-0.2, -0.15) is 5.10 Å². The van der Waals surface area contributed by atoms with Crippen LogP contribution in [0.5, 0.6) is 0 Å². The van der Waals surface area contributed by atoms with Crippen molar-refractivity contribution in [1.29, 1.82) is 0 Å². The lowest BCUT2D eigenvalue weighted by atomic mass is 9.90. The van der Waals surface area contributed by atoms with Gasteiger partial charge in [0.15, 0.2) is 0 Å². The van der Waals surface area contributed by atoms with Gasteiger partial charge in [-0.1, -0.05) is 0 Å². The summed E-state index contributed by atoms with van der Waals surface area (Å²) in [7, 11) is 0. The Hall–Kier alpha value is -1.11. The zero-order valence-corrected chi connectivity index (χ0v) is 9.40. The molecule has 1 aliphatic rings. The molecule has 1 aromatic rings. The second kappa shape index (κ2) is 3.69. The first-order valence-corrected chi connectivity index (χ1v) is 5.23. The van der Waals surface area contributed by atoms with E-state index in [1.54, 1.807) is 0 Å². The summed E-state index contributed by atoms with van der Waals surface area (Å²) in [5, 5.41) is 8.46. The number of alkyl halides is 4. The highest BCUT2D eigenvalue weighted by Crippen LogP contribution is 2.38. The first kappa shape index (κ1) is 12.3. The fraction of sp³-hybridized carbons (Fsp3) is 0.700. The average Bonchev–Trinajstić information content (AvgIpc) is 2.59. The first-order valence-electron chi connectivity index (χ1n) is 5.23. The number of fused-ring (bicyclic) bond motifs is 1. The van der Waals surface area contributed by atoms with Crippen LogP contribution in [0.15, 0.2) is 6.20 Å². The molecule has 0 spiro atoms. The van der Waals surface area contributed by atoms with Crippen molar-refractivity contribution in [3.63, 3.8) is 0 Å². The monoisotopic (exact) mass is 251 g/mol. The van der Waals surface area contributed by atoms with E-state index < -0.39 is 23.9 Å². The zero-order chi connectivity index (χ0) is 12.8. The predicted octanol–water partition coefficient (Wildman–Crippen LogP) is 2.28. The molecular weight excluding hydrogens is 238 g/mol. The summed E-state index contributed by atoms with van der Waals surface area (Å²) in [5.74, 6) is -6.19. The van der Waals surface area contributed by atoms with Crippen LogP contribution in [-0.4, -0.2) is 28.1 Å². The molecule has 2 N–H and O–H groups in total. The molecule has 96 valence electrons. The summed E-state index contributed by atoms with van der Waals surface area (Å²) in [5.41, 5.74) is 0.611. The van der Waals surface area contributed by atoms with Crippen LogP contribution in [0.25, 0.3) is 0 Å². The molecule has 0 radical (unpaired) electrons. The molecule has 1 aliphatic heterocycles. The summed E-state index contributed by atoms with van der Waals surface area (Å²) in [6.07, 6.45) is 1.22. The van der Waals surface area contributed by atoms with Gasteiger partial charge in [0.2, 0.25) is 0 Å². The third-order valence-corrected chi connectivity index (χ3v) is 2.96. The summed E-state index contributed by atoms with van der Waals surface area (Å²) in [4.78, 5) is 0. The molecule has 2 unspecified atom stereocenters. The van der Waals surface area contributed by atoms with Gasteiger partial charge in [0.05, 0.1) is 12.2 Å². The Labute approximate surface area is 95.6 Å². The van der Waals surface area contributed by atoms with E-state index in [9.17, 15) is 17.6 Å². The van der Waals surface area contributed by atoms with E-state index in [-0.39, 0.29) is 12.0 Å². The second-order valence-electron chi connectivity index (χ2n) is 4.57. The van der Waals surface area contributed by atoms with Crippen molar-refractivity contribution in [2.75, 3.05) is 0 Å². The molecule has 1 aromatic heterocycles. The number of H-pyrrole nitrogens is 1. The van der Waals surface area contributed by atoms with E-state index in [1.807, 2.05) is 0 Å². The molecule has 2 atom stereocenters. The van der Waals surface area contributed by atoms with Crippen molar-refractivity contribution in [3.05, 3.63) is 17.5 Å². The molecule has 2 rings (SSSR count). The van der Waals surface area contributed by atoms with E-state index in [4.69, 9.17) is 0 Å². The maximum atomic E-state index is 13.4.